The summed E-state index contributed by atoms with van der Waals surface area (Å²) in [6, 6.07) is 2.93. The summed E-state index contributed by atoms with van der Waals surface area (Å²) in [6.07, 6.45) is -0.154. The molecule has 0 spiro atoms. The van der Waals surface area contributed by atoms with E-state index in [9.17, 15) is 18.0 Å². The Morgan fingerprint density at radius 1 is 1.22 bits per heavy atom. The Labute approximate surface area is 182 Å². The normalized spacial score (nSPS) is 12.3. The number of alkyl halides is 3. The van der Waals surface area contributed by atoms with Crippen LogP contribution in [0.1, 0.15) is 28.7 Å². The van der Waals surface area contributed by atoms with Gasteiger partial charge in [-0.3, -0.25) is 4.79 Å². The lowest BCUT2D eigenvalue weighted by Gasteiger charge is -2.29. The van der Waals surface area contributed by atoms with E-state index in [0.717, 1.165) is 0 Å². The van der Waals surface area contributed by atoms with E-state index >= 15 is 0 Å². The van der Waals surface area contributed by atoms with Gasteiger partial charge in [-0.15, -0.1) is 4.80 Å². The van der Waals surface area contributed by atoms with E-state index in [1.807, 2.05) is 0 Å². The Hall–Kier alpha value is -3.83. The fourth-order valence-electron chi connectivity index (χ4n) is 2.91. The number of pyridine rings is 1. The molecule has 0 fully saturated rings. The average Bonchev–Trinajstić information content (AvgIpc) is 3.27. The number of hydrogen-bond acceptors (Lipinski definition) is 7. The molecule has 3 rings (SSSR count). The molecule has 3 heterocycles. The molecule has 1 atom stereocenters. The van der Waals surface area contributed by atoms with Crippen LogP contribution in [0.25, 0.3) is 5.69 Å². The van der Waals surface area contributed by atoms with Gasteiger partial charge in [-0.05, 0) is 26.0 Å². The molecule has 0 radical (unpaired) electrons. The van der Waals surface area contributed by atoms with Gasteiger partial charge >= 0.3 is 6.18 Å². The molecule has 12 heteroatoms. The third-order valence-corrected chi connectivity index (χ3v) is 4.64. The molecule has 3 aromatic heterocycles. The van der Waals surface area contributed by atoms with Gasteiger partial charge in [0, 0.05) is 31.7 Å². The number of halogens is 3. The highest BCUT2D eigenvalue weighted by Gasteiger charge is 2.31. The minimum absolute atomic E-state index is 0.000194. The number of likely N-dealkylation sites (N-methyl/N-ethyl adjacent to an activating group) is 1. The van der Waals surface area contributed by atoms with E-state index in [1.165, 1.54) is 22.1 Å². The van der Waals surface area contributed by atoms with Crippen molar-refractivity contribution in [2.45, 2.75) is 26.1 Å². The first kappa shape index (κ1) is 22.8. The zero-order chi connectivity index (χ0) is 23.5. The maximum Gasteiger partial charge on any atom is 0.419 e. The molecule has 3 aromatic rings. The number of anilines is 1. The van der Waals surface area contributed by atoms with E-state index in [0.29, 0.717) is 29.3 Å². The molecular weight excluding hydrogens is 425 g/mol. The van der Waals surface area contributed by atoms with Crippen LogP contribution in [-0.2, 0) is 6.18 Å². The first-order valence-corrected chi connectivity index (χ1v) is 9.48. The van der Waals surface area contributed by atoms with E-state index in [-0.39, 0.29) is 18.2 Å². The first-order valence-electron chi connectivity index (χ1n) is 9.48. The standard InChI is InChI=1S/C20H21F3N8O/c1-12(2)16(11-26-19-24-9-14(10-25-19)20(21,22)23)30(4)18(32)17-15(6-5-13(3)29-17)31-27-7-8-28-31/h5-10,16H,1,11H2,2-4H3,(H,24,25,26)/t16-/m1/s1. The number of aromatic nitrogens is 6. The van der Waals surface area contributed by atoms with Crippen LogP contribution in [-0.4, -0.2) is 60.4 Å². The summed E-state index contributed by atoms with van der Waals surface area (Å²) < 4.78 is 38.1. The van der Waals surface area contributed by atoms with Crippen LogP contribution >= 0.6 is 0 Å². The largest absolute Gasteiger partial charge is 0.419 e. The van der Waals surface area contributed by atoms with Gasteiger partial charge in [0.15, 0.2) is 5.69 Å². The molecule has 0 saturated carbocycles. The molecule has 0 unspecified atom stereocenters. The molecule has 1 N–H and O–H groups in total. The second-order valence-corrected chi connectivity index (χ2v) is 7.09. The number of carbonyl (C=O) groups is 1. The number of nitrogens with zero attached hydrogens (tertiary/aromatic N) is 7. The second kappa shape index (κ2) is 9.12. The number of nitrogens with one attached hydrogen (secondary N) is 1. The minimum atomic E-state index is -4.52. The van der Waals surface area contributed by atoms with Crippen molar-refractivity contribution < 1.29 is 18.0 Å². The molecule has 168 valence electrons. The minimum Gasteiger partial charge on any atom is -0.352 e. The van der Waals surface area contributed by atoms with Crippen LogP contribution in [0.2, 0.25) is 0 Å². The lowest BCUT2D eigenvalue weighted by Crippen LogP contribution is -2.43. The molecule has 0 aromatic carbocycles. The SMILES string of the molecule is C=C(C)[C@@H](CNc1ncc(C(F)(F)F)cn1)N(C)C(=O)c1nc(C)ccc1-n1nccn1. The Morgan fingerprint density at radius 3 is 2.41 bits per heavy atom. The number of carbonyl (C=O) groups excluding carboxylic acids is 1. The fourth-order valence-corrected chi connectivity index (χ4v) is 2.91. The third-order valence-electron chi connectivity index (χ3n) is 4.64. The zero-order valence-corrected chi connectivity index (χ0v) is 17.6. The number of amides is 1. The van der Waals surface area contributed by atoms with Crippen LogP contribution in [0.15, 0.2) is 49.1 Å². The van der Waals surface area contributed by atoms with E-state index in [1.54, 1.807) is 33.0 Å². The van der Waals surface area contributed by atoms with Gasteiger partial charge in [-0.1, -0.05) is 12.2 Å². The summed E-state index contributed by atoms with van der Waals surface area (Å²) in [6.45, 7) is 7.56. The van der Waals surface area contributed by atoms with Crippen molar-refractivity contribution in [1.82, 2.24) is 34.8 Å². The topological polar surface area (TPSA) is 102 Å². The molecule has 0 saturated heterocycles. The van der Waals surface area contributed by atoms with E-state index in [4.69, 9.17) is 0 Å². The zero-order valence-electron chi connectivity index (χ0n) is 17.6. The highest BCUT2D eigenvalue weighted by atomic mass is 19.4. The maximum atomic E-state index is 13.3. The molecule has 32 heavy (non-hydrogen) atoms. The van der Waals surface area contributed by atoms with Crippen molar-refractivity contribution in [1.29, 1.82) is 0 Å². The Bertz CT molecular complexity index is 1100. The number of rotatable bonds is 7. The van der Waals surface area contributed by atoms with Gasteiger partial charge in [0.1, 0.15) is 5.69 Å². The average molecular weight is 446 g/mol. The van der Waals surface area contributed by atoms with Gasteiger partial charge in [-0.2, -0.15) is 23.4 Å². The quantitative estimate of drug-likeness (QED) is 0.557. The van der Waals surface area contributed by atoms with Crippen molar-refractivity contribution in [3.63, 3.8) is 0 Å². The summed E-state index contributed by atoms with van der Waals surface area (Å²) in [5.41, 5.74) is 0.905. The van der Waals surface area contributed by atoms with Gasteiger partial charge < -0.3 is 10.2 Å². The monoisotopic (exact) mass is 446 g/mol. The molecule has 0 aliphatic carbocycles. The lowest BCUT2D eigenvalue weighted by molar-refractivity contribution is -0.138. The summed E-state index contributed by atoms with van der Waals surface area (Å²) in [4.78, 5) is 27.8. The lowest BCUT2D eigenvalue weighted by atomic mass is 10.1. The second-order valence-electron chi connectivity index (χ2n) is 7.09. The molecule has 9 nitrogen and oxygen atoms in total. The predicted molar refractivity (Wildman–Crippen MR) is 110 cm³/mol. The summed E-state index contributed by atoms with van der Waals surface area (Å²) in [7, 11) is 1.58. The van der Waals surface area contributed by atoms with Crippen molar-refractivity contribution in [2.24, 2.45) is 0 Å². The number of hydrogen-bond donors (Lipinski definition) is 1. The fraction of sp³-hybridized carbons (Fsp3) is 0.300. The van der Waals surface area contributed by atoms with E-state index < -0.39 is 23.7 Å². The van der Waals surface area contributed by atoms with Crippen LogP contribution < -0.4 is 5.32 Å². The van der Waals surface area contributed by atoms with E-state index in [2.05, 4.69) is 37.0 Å². The number of aryl methyl sites for hydroxylation is 1. The Kier molecular flexibility index (Phi) is 6.51. The van der Waals surface area contributed by atoms with Crippen molar-refractivity contribution in [3.8, 4) is 5.69 Å². The van der Waals surface area contributed by atoms with Gasteiger partial charge in [0.25, 0.3) is 5.91 Å². The van der Waals surface area contributed by atoms with Gasteiger partial charge in [0.2, 0.25) is 5.95 Å². The molecule has 1 amide bonds. The Balaban J connectivity index is 1.80. The highest BCUT2D eigenvalue weighted by molar-refractivity contribution is 5.96. The maximum absolute atomic E-state index is 13.3. The molecule has 0 bridgehead atoms. The van der Waals surface area contributed by atoms with Crippen molar-refractivity contribution in [2.75, 3.05) is 18.9 Å². The first-order chi connectivity index (χ1) is 15.1. The van der Waals surface area contributed by atoms with Crippen LogP contribution in [0.4, 0.5) is 19.1 Å². The van der Waals surface area contributed by atoms with Crippen LogP contribution in [0, 0.1) is 6.92 Å². The molecule has 0 aliphatic heterocycles. The highest BCUT2D eigenvalue weighted by Crippen LogP contribution is 2.28. The third kappa shape index (κ3) is 5.07. The van der Waals surface area contributed by atoms with Crippen molar-refractivity contribution in [3.05, 3.63) is 66.0 Å². The van der Waals surface area contributed by atoms with Crippen molar-refractivity contribution >= 4 is 11.9 Å². The summed E-state index contributed by atoms with van der Waals surface area (Å²) >= 11 is 0. The van der Waals surface area contributed by atoms with Gasteiger partial charge in [0.05, 0.1) is 24.0 Å². The predicted octanol–water partition coefficient (Wildman–Crippen LogP) is 2.91. The smallest absolute Gasteiger partial charge is 0.352 e. The summed E-state index contributed by atoms with van der Waals surface area (Å²) in [5.74, 6) is -0.399. The summed E-state index contributed by atoms with van der Waals surface area (Å²) in [5, 5.41) is 11.0. The molecule has 0 aliphatic rings. The Morgan fingerprint density at radius 2 is 1.84 bits per heavy atom. The van der Waals surface area contributed by atoms with Gasteiger partial charge in [-0.25, -0.2) is 15.0 Å². The molecular formula is C20H21F3N8O. The van der Waals surface area contributed by atoms with Crippen LogP contribution in [0.5, 0.6) is 0 Å². The van der Waals surface area contributed by atoms with Crippen LogP contribution in [0.3, 0.4) is 0 Å².